The number of para-hydroxylation sites is 2. The molecule has 2 aromatic rings. The normalized spacial score (nSPS) is 10.5. The molecule has 0 heterocycles. The van der Waals surface area contributed by atoms with Gasteiger partial charge in [-0.25, -0.2) is 20.2 Å². The first-order valence-electron chi connectivity index (χ1n) is 9.67. The third-order valence-electron chi connectivity index (χ3n) is 4.08. The Kier molecular flexibility index (Phi) is 9.89. The number of nitro groups is 2. The number of thioether (sulfide) groups is 1. The minimum atomic E-state index is -2.46. The monoisotopic (exact) mass is 480 g/mol. The lowest BCUT2D eigenvalue weighted by atomic mass is 10.3. The van der Waals surface area contributed by atoms with Crippen LogP contribution in [0.4, 0.5) is 11.4 Å². The van der Waals surface area contributed by atoms with Crippen LogP contribution < -0.4 is 9.80 Å². The van der Waals surface area contributed by atoms with Gasteiger partial charge in [0.05, 0.1) is 0 Å². The highest BCUT2D eigenvalue weighted by Gasteiger charge is 2.36. The molecule has 0 aliphatic carbocycles. The summed E-state index contributed by atoms with van der Waals surface area (Å²) < 4.78 is -1.35. The first kappa shape index (κ1) is 24.8. The van der Waals surface area contributed by atoms with Crippen LogP contribution in [0, 0.1) is 20.2 Å². The van der Waals surface area contributed by atoms with Gasteiger partial charge in [0.25, 0.3) is 4.32 Å². The van der Waals surface area contributed by atoms with Crippen LogP contribution in [0.1, 0.15) is 26.7 Å². The molecule has 0 bridgehead atoms. The predicted molar refractivity (Wildman–Crippen MR) is 135 cm³/mol. The van der Waals surface area contributed by atoms with Crippen LogP contribution in [0.3, 0.4) is 0 Å². The summed E-state index contributed by atoms with van der Waals surface area (Å²) in [5.74, 6) is 0. The van der Waals surface area contributed by atoms with E-state index in [2.05, 4.69) is 0 Å². The molecule has 0 fully saturated rings. The second-order valence-electron chi connectivity index (χ2n) is 6.32. The Morgan fingerprint density at radius 3 is 1.71 bits per heavy atom. The topological polar surface area (TPSA) is 92.8 Å². The highest BCUT2D eigenvalue weighted by atomic mass is 32.2. The van der Waals surface area contributed by atoms with E-state index in [1.807, 2.05) is 55.1 Å². The van der Waals surface area contributed by atoms with Gasteiger partial charge < -0.3 is 9.80 Å². The second-order valence-corrected chi connectivity index (χ2v) is 9.71. The third kappa shape index (κ3) is 6.74. The molecule has 8 nitrogen and oxygen atoms in total. The molecule has 0 saturated carbocycles. The van der Waals surface area contributed by atoms with E-state index in [1.165, 1.54) is 0 Å². The first-order valence-corrected chi connectivity index (χ1v) is 12.0. The summed E-state index contributed by atoms with van der Waals surface area (Å²) in [5, 5.41) is 23.5. The molecule has 0 N–H and O–H groups in total. The largest absolute Gasteiger partial charge is 0.488 e. The molecule has 31 heavy (non-hydrogen) atoms. The van der Waals surface area contributed by atoms with Crippen molar-refractivity contribution in [2.45, 2.75) is 26.7 Å². The van der Waals surface area contributed by atoms with Gasteiger partial charge in [-0.15, -0.1) is 0 Å². The second kappa shape index (κ2) is 12.4. The molecule has 0 spiro atoms. The Balaban J connectivity index is 2.57. The number of hydrogen-bond acceptors (Lipinski definition) is 6. The van der Waals surface area contributed by atoms with Gasteiger partial charge >= 0.3 is 10.9 Å². The maximum absolute atomic E-state index is 11.7. The zero-order valence-corrected chi connectivity index (χ0v) is 19.7. The Labute approximate surface area is 193 Å². The van der Waals surface area contributed by atoms with E-state index in [-0.39, 0.29) is 4.32 Å². The van der Waals surface area contributed by atoms with Crippen molar-refractivity contribution in [1.82, 2.24) is 0 Å². The van der Waals surface area contributed by atoms with Gasteiger partial charge in [0.15, 0.2) is 8.66 Å². The van der Waals surface area contributed by atoms with Crippen LogP contribution in [0.5, 0.6) is 0 Å². The van der Waals surface area contributed by atoms with Gasteiger partial charge in [-0.1, -0.05) is 62.5 Å². The maximum Gasteiger partial charge on any atom is 0.488 e. The van der Waals surface area contributed by atoms with Crippen molar-refractivity contribution in [3.8, 4) is 0 Å². The number of anilines is 2. The molecule has 0 aliphatic rings. The Morgan fingerprint density at radius 2 is 1.29 bits per heavy atom. The minimum Gasteiger partial charge on any atom is -0.327 e. The van der Waals surface area contributed by atoms with Crippen LogP contribution in [0.25, 0.3) is 0 Å². The first-order chi connectivity index (χ1) is 14.9. The summed E-state index contributed by atoms with van der Waals surface area (Å²) in [6.45, 7) is 4.90. The lowest BCUT2D eigenvalue weighted by molar-refractivity contribution is -0.392. The van der Waals surface area contributed by atoms with Crippen molar-refractivity contribution in [2.24, 2.45) is 0 Å². The van der Waals surface area contributed by atoms with Gasteiger partial charge in [-0.2, -0.15) is 0 Å². The van der Waals surface area contributed by atoms with Gasteiger partial charge in [0.2, 0.25) is 0 Å². The maximum atomic E-state index is 11.7. The molecule has 0 unspecified atom stereocenters. The predicted octanol–water partition coefficient (Wildman–Crippen LogP) is 5.58. The van der Waals surface area contributed by atoms with Gasteiger partial charge in [0, 0.05) is 24.5 Å². The molecule has 2 rings (SSSR count). The number of benzene rings is 2. The van der Waals surface area contributed by atoms with Crippen LogP contribution in [-0.2, 0) is 0 Å². The molecule has 0 aliphatic heterocycles. The van der Waals surface area contributed by atoms with E-state index in [4.69, 9.17) is 12.2 Å². The van der Waals surface area contributed by atoms with E-state index in [0.29, 0.717) is 29.5 Å². The van der Waals surface area contributed by atoms with Crippen molar-refractivity contribution in [1.29, 1.82) is 0 Å². The summed E-state index contributed by atoms with van der Waals surface area (Å²) in [7, 11) is -2.46. The fraction of sp³-hybridized carbons (Fsp3) is 0.300. The fourth-order valence-corrected chi connectivity index (χ4v) is 5.83. The van der Waals surface area contributed by atoms with E-state index in [1.54, 1.807) is 29.2 Å². The van der Waals surface area contributed by atoms with Crippen LogP contribution in [0.15, 0.2) is 60.7 Å². The average molecular weight is 481 g/mol. The minimum absolute atomic E-state index is 0.00471. The highest BCUT2D eigenvalue weighted by molar-refractivity contribution is 8.41. The Morgan fingerprint density at radius 1 is 0.871 bits per heavy atom. The van der Waals surface area contributed by atoms with E-state index in [0.717, 1.165) is 23.9 Å². The number of thiocarbonyl (C=S) groups is 1. The molecule has 2 aromatic carbocycles. The number of rotatable bonds is 8. The summed E-state index contributed by atoms with van der Waals surface area (Å²) in [4.78, 5) is 27.0. The molecular weight excluding hydrogens is 456 g/mol. The summed E-state index contributed by atoms with van der Waals surface area (Å²) >= 11 is 6.57. The summed E-state index contributed by atoms with van der Waals surface area (Å²) in [5.41, 5.74) is 1.49. The fourth-order valence-electron chi connectivity index (χ4n) is 2.82. The van der Waals surface area contributed by atoms with Crippen molar-refractivity contribution < 1.29 is 8.66 Å². The molecule has 0 saturated heterocycles. The van der Waals surface area contributed by atoms with Crippen LogP contribution in [-0.4, -0.2) is 30.4 Å². The smallest absolute Gasteiger partial charge is 0.327 e. The molecule has 0 atom stereocenters. The molecule has 11 heteroatoms. The van der Waals surface area contributed by atoms with Gasteiger partial charge in [-0.05, 0) is 48.9 Å². The molecular formula is C20H24N4O4S3. The molecule has 0 aromatic heterocycles. The quantitative estimate of drug-likeness (QED) is 0.275. The molecule has 0 radical (unpaired) electrons. The van der Waals surface area contributed by atoms with Gasteiger partial charge in [0.1, 0.15) is 4.32 Å². The molecule has 0 amide bonds. The highest BCUT2D eigenvalue weighted by Crippen LogP contribution is 2.32. The van der Waals surface area contributed by atoms with Crippen molar-refractivity contribution in [2.75, 3.05) is 22.9 Å². The summed E-state index contributed by atoms with van der Waals surface area (Å²) in [6, 6.07) is 18.4. The zero-order chi connectivity index (χ0) is 22.8. The van der Waals surface area contributed by atoms with E-state index in [9.17, 15) is 20.2 Å². The van der Waals surface area contributed by atoms with E-state index >= 15 is 0 Å². The number of hydrogen-bond donors (Lipinski definition) is 0. The van der Waals surface area contributed by atoms with Crippen molar-refractivity contribution in [3.05, 3.63) is 80.9 Å². The van der Waals surface area contributed by atoms with Crippen molar-refractivity contribution >= 4 is 54.9 Å². The summed E-state index contributed by atoms with van der Waals surface area (Å²) in [6.07, 6.45) is 1.44. The van der Waals surface area contributed by atoms with Crippen LogP contribution >= 0.6 is 34.8 Å². The zero-order valence-electron chi connectivity index (χ0n) is 17.2. The van der Waals surface area contributed by atoms with Gasteiger partial charge in [-0.3, -0.25) is 0 Å². The van der Waals surface area contributed by atoms with Crippen LogP contribution in [0.2, 0.25) is 0 Å². The Hall–Kier alpha value is -2.50. The molecule has 166 valence electrons. The standard InChI is InChI=1S/C20H24N4O4S3/c1-3-15-21(17-11-7-5-8-12-17)19(29)30-20(31(23(25)26)24(27)28)22(16-4-2)18-13-9-6-10-14-18/h5-14H,3-4,15-16H2,1-2H3. The lowest BCUT2D eigenvalue weighted by Gasteiger charge is -2.28. The third-order valence-corrected chi connectivity index (χ3v) is 7.14. The Bertz CT molecular complexity index is 926. The lowest BCUT2D eigenvalue weighted by Crippen LogP contribution is -2.36. The van der Waals surface area contributed by atoms with E-state index < -0.39 is 19.5 Å². The van der Waals surface area contributed by atoms with Crippen molar-refractivity contribution in [3.63, 3.8) is 0 Å². The SMILES string of the molecule is CCCN(C(=S)SC(N(CCC)c1ccccc1)=S([N+](=O)[O-])[N+](=O)[O-])c1ccccc1. The number of nitrogens with zero attached hydrogens (tertiary/aromatic N) is 4. The average Bonchev–Trinajstić information content (AvgIpc) is 2.76.